The van der Waals surface area contributed by atoms with E-state index in [1.807, 2.05) is 6.07 Å². The Hall–Kier alpha value is -1.69. The van der Waals surface area contributed by atoms with Crippen LogP contribution in [0.15, 0.2) is 24.4 Å². The summed E-state index contributed by atoms with van der Waals surface area (Å²) < 4.78 is 36.6. The fourth-order valence-corrected chi connectivity index (χ4v) is 2.13. The number of halogens is 3. The smallest absolute Gasteiger partial charge is 0.401 e. The number of rotatable bonds is 4. The third kappa shape index (κ3) is 3.41. The lowest BCUT2D eigenvalue weighted by atomic mass is 10.1. The predicted molar refractivity (Wildman–Crippen MR) is 67.2 cm³/mol. The summed E-state index contributed by atoms with van der Waals surface area (Å²) in [7, 11) is 1.43. The van der Waals surface area contributed by atoms with Crippen LogP contribution in [0.2, 0.25) is 0 Å². The number of alkyl halides is 3. The minimum Gasteiger partial charge on any atom is -0.507 e. The van der Waals surface area contributed by atoms with Gasteiger partial charge in [-0.3, -0.25) is 4.90 Å². The van der Waals surface area contributed by atoms with Crippen molar-refractivity contribution < 1.29 is 18.3 Å². The van der Waals surface area contributed by atoms with Crippen LogP contribution in [-0.4, -0.2) is 41.3 Å². The van der Waals surface area contributed by atoms with Crippen LogP contribution in [0.3, 0.4) is 0 Å². The number of H-pyrrole nitrogens is 1. The molecule has 19 heavy (non-hydrogen) atoms. The quantitative estimate of drug-likeness (QED) is 0.898. The second-order valence-corrected chi connectivity index (χ2v) is 4.62. The van der Waals surface area contributed by atoms with Gasteiger partial charge in [-0.2, -0.15) is 13.2 Å². The number of likely N-dealkylation sites (N-methyl/N-ethyl adjacent to an activating group) is 1. The molecule has 0 amide bonds. The van der Waals surface area contributed by atoms with Crippen molar-refractivity contribution in [1.29, 1.82) is 0 Å². The highest BCUT2D eigenvalue weighted by molar-refractivity contribution is 5.88. The summed E-state index contributed by atoms with van der Waals surface area (Å²) in [5, 5.41) is 10.5. The minimum atomic E-state index is -4.18. The summed E-state index contributed by atoms with van der Waals surface area (Å²) in [4.78, 5) is 4.22. The van der Waals surface area contributed by atoms with Crippen LogP contribution in [0.4, 0.5) is 13.2 Å². The van der Waals surface area contributed by atoms with Gasteiger partial charge < -0.3 is 10.1 Å². The largest absolute Gasteiger partial charge is 0.507 e. The van der Waals surface area contributed by atoms with Crippen LogP contribution in [0, 0.1) is 0 Å². The van der Waals surface area contributed by atoms with Crippen molar-refractivity contribution >= 4 is 10.9 Å². The number of benzene rings is 1. The molecule has 2 rings (SSSR count). The number of nitrogens with zero attached hydrogens (tertiary/aromatic N) is 1. The van der Waals surface area contributed by atoms with Crippen LogP contribution >= 0.6 is 0 Å². The molecule has 1 aromatic carbocycles. The first-order valence-electron chi connectivity index (χ1n) is 5.90. The molecule has 0 saturated heterocycles. The number of aromatic amines is 1. The van der Waals surface area contributed by atoms with Crippen molar-refractivity contribution in [3.8, 4) is 5.75 Å². The SMILES string of the molecule is CN(CCc1c[nH]c2cccc(O)c12)CC(F)(F)F. The van der Waals surface area contributed by atoms with Crippen LogP contribution in [0.25, 0.3) is 10.9 Å². The molecule has 0 radical (unpaired) electrons. The van der Waals surface area contributed by atoms with Crippen LogP contribution in [0.1, 0.15) is 5.56 Å². The first kappa shape index (κ1) is 13.7. The standard InChI is InChI=1S/C13H15F3N2O/c1-18(8-13(14,15)16)6-5-9-7-17-10-3-2-4-11(19)12(9)10/h2-4,7,17,19H,5-6,8H2,1H3. The lowest BCUT2D eigenvalue weighted by Crippen LogP contribution is -2.32. The Labute approximate surface area is 108 Å². The Morgan fingerprint density at radius 3 is 2.74 bits per heavy atom. The third-order valence-corrected chi connectivity index (χ3v) is 2.98. The number of aromatic hydroxyl groups is 1. The van der Waals surface area contributed by atoms with Crippen LogP contribution in [0.5, 0.6) is 5.75 Å². The molecule has 0 aliphatic carbocycles. The highest BCUT2D eigenvalue weighted by Crippen LogP contribution is 2.28. The number of phenols is 1. The molecular formula is C13H15F3N2O. The summed E-state index contributed by atoms with van der Waals surface area (Å²) in [5.74, 6) is 0.146. The van der Waals surface area contributed by atoms with Gasteiger partial charge in [0.15, 0.2) is 0 Å². The number of hydrogen-bond acceptors (Lipinski definition) is 2. The zero-order valence-electron chi connectivity index (χ0n) is 10.5. The number of aromatic nitrogens is 1. The summed E-state index contributed by atoms with van der Waals surface area (Å²) in [5.41, 5.74) is 1.61. The molecule has 0 atom stereocenters. The monoisotopic (exact) mass is 272 g/mol. The molecule has 104 valence electrons. The topological polar surface area (TPSA) is 39.3 Å². The van der Waals surface area contributed by atoms with E-state index in [0.717, 1.165) is 11.1 Å². The van der Waals surface area contributed by atoms with Crippen LogP contribution in [-0.2, 0) is 6.42 Å². The summed E-state index contributed by atoms with van der Waals surface area (Å²) in [6.07, 6.45) is -2.01. The Morgan fingerprint density at radius 1 is 1.32 bits per heavy atom. The van der Waals surface area contributed by atoms with Crippen molar-refractivity contribution in [2.24, 2.45) is 0 Å². The van der Waals surface area contributed by atoms with Gasteiger partial charge in [-0.05, 0) is 31.2 Å². The Bertz CT molecular complexity index is 563. The second-order valence-electron chi connectivity index (χ2n) is 4.62. The van der Waals surface area contributed by atoms with Gasteiger partial charge in [0.1, 0.15) is 5.75 Å². The van der Waals surface area contributed by atoms with E-state index in [1.165, 1.54) is 11.9 Å². The molecule has 0 bridgehead atoms. The van der Waals surface area contributed by atoms with Gasteiger partial charge in [0.25, 0.3) is 0 Å². The predicted octanol–water partition coefficient (Wildman–Crippen LogP) is 2.91. The molecule has 0 fully saturated rings. The molecule has 0 aliphatic heterocycles. The summed E-state index contributed by atoms with van der Waals surface area (Å²) >= 11 is 0. The maximum atomic E-state index is 12.2. The molecule has 1 heterocycles. The van der Waals surface area contributed by atoms with Gasteiger partial charge in [-0.15, -0.1) is 0 Å². The maximum absolute atomic E-state index is 12.2. The average Bonchev–Trinajstić information content (AvgIpc) is 2.69. The Morgan fingerprint density at radius 2 is 2.05 bits per heavy atom. The molecule has 0 unspecified atom stereocenters. The van der Waals surface area contributed by atoms with Crippen molar-refractivity contribution in [2.75, 3.05) is 20.1 Å². The zero-order valence-corrected chi connectivity index (χ0v) is 10.5. The molecular weight excluding hydrogens is 257 g/mol. The van der Waals surface area contributed by atoms with Crippen molar-refractivity contribution in [3.05, 3.63) is 30.0 Å². The third-order valence-electron chi connectivity index (χ3n) is 2.98. The average molecular weight is 272 g/mol. The van der Waals surface area contributed by atoms with E-state index in [0.29, 0.717) is 11.8 Å². The molecule has 2 aromatic rings. The lowest BCUT2D eigenvalue weighted by Gasteiger charge is -2.18. The Kier molecular flexibility index (Phi) is 3.71. The van der Waals surface area contributed by atoms with Gasteiger partial charge >= 0.3 is 6.18 Å². The summed E-state index contributed by atoms with van der Waals surface area (Å²) in [6.45, 7) is -0.651. The molecule has 2 N–H and O–H groups in total. The van der Waals surface area contributed by atoms with E-state index in [9.17, 15) is 18.3 Å². The van der Waals surface area contributed by atoms with Crippen LogP contribution < -0.4 is 0 Å². The van der Waals surface area contributed by atoms with E-state index >= 15 is 0 Å². The second kappa shape index (κ2) is 5.13. The van der Waals surface area contributed by atoms with Gasteiger partial charge in [0.05, 0.1) is 6.54 Å². The number of phenolic OH excluding ortho intramolecular Hbond substituents is 1. The fraction of sp³-hybridized carbons (Fsp3) is 0.385. The lowest BCUT2D eigenvalue weighted by molar-refractivity contribution is -0.142. The van der Waals surface area contributed by atoms with E-state index in [-0.39, 0.29) is 12.3 Å². The molecule has 1 aromatic heterocycles. The van der Waals surface area contributed by atoms with Crippen molar-refractivity contribution in [3.63, 3.8) is 0 Å². The maximum Gasteiger partial charge on any atom is 0.401 e. The van der Waals surface area contributed by atoms with Gasteiger partial charge in [0, 0.05) is 23.6 Å². The van der Waals surface area contributed by atoms with E-state index in [1.54, 1.807) is 18.3 Å². The van der Waals surface area contributed by atoms with Gasteiger partial charge in [-0.25, -0.2) is 0 Å². The molecule has 0 aliphatic rings. The van der Waals surface area contributed by atoms with E-state index in [2.05, 4.69) is 4.98 Å². The zero-order chi connectivity index (χ0) is 14.0. The molecule has 6 heteroatoms. The summed E-state index contributed by atoms with van der Waals surface area (Å²) in [6, 6.07) is 5.10. The highest BCUT2D eigenvalue weighted by atomic mass is 19.4. The molecule has 0 spiro atoms. The molecule has 3 nitrogen and oxygen atoms in total. The first-order chi connectivity index (χ1) is 8.87. The normalized spacial score (nSPS) is 12.5. The van der Waals surface area contributed by atoms with Crippen molar-refractivity contribution in [2.45, 2.75) is 12.6 Å². The fourth-order valence-electron chi connectivity index (χ4n) is 2.13. The van der Waals surface area contributed by atoms with E-state index in [4.69, 9.17) is 0 Å². The highest BCUT2D eigenvalue weighted by Gasteiger charge is 2.28. The van der Waals surface area contributed by atoms with Crippen molar-refractivity contribution in [1.82, 2.24) is 9.88 Å². The van der Waals surface area contributed by atoms with Gasteiger partial charge in [0.2, 0.25) is 0 Å². The number of fused-ring (bicyclic) bond motifs is 1. The first-order valence-corrected chi connectivity index (χ1v) is 5.90. The number of nitrogens with one attached hydrogen (secondary N) is 1. The minimum absolute atomic E-state index is 0.146. The molecule has 0 saturated carbocycles. The Balaban J connectivity index is 2.06. The van der Waals surface area contributed by atoms with Gasteiger partial charge in [-0.1, -0.05) is 6.07 Å². The van der Waals surface area contributed by atoms with E-state index < -0.39 is 12.7 Å². The number of hydrogen-bond donors (Lipinski definition) is 2.